The number of ketones is 1. The van der Waals surface area contributed by atoms with Gasteiger partial charge in [0.15, 0.2) is 0 Å². The molecule has 0 saturated heterocycles. The molecule has 0 bridgehead atoms. The molecule has 1 aliphatic rings. The Balaban J connectivity index is 2.27. The van der Waals surface area contributed by atoms with Crippen LogP contribution in [0.1, 0.15) is 27.0 Å². The predicted octanol–water partition coefficient (Wildman–Crippen LogP) is 2.55. The average Bonchev–Trinajstić information content (AvgIpc) is 2.53. The van der Waals surface area contributed by atoms with Gasteiger partial charge in [0.1, 0.15) is 23.0 Å². The molecule has 0 radical (unpaired) electrons. The van der Waals surface area contributed by atoms with Crippen LogP contribution in [0.2, 0.25) is 0 Å². The van der Waals surface area contributed by atoms with E-state index < -0.39 is 0 Å². The number of fused-ring (bicyclic) bond motifs is 2. The molecule has 0 atom stereocenters. The monoisotopic (exact) mass is 300 g/mol. The zero-order chi connectivity index (χ0) is 15.9. The summed E-state index contributed by atoms with van der Waals surface area (Å²) in [5.41, 5.74) is 2.20. The Hall–Kier alpha value is -2.69. The van der Waals surface area contributed by atoms with E-state index >= 15 is 0 Å². The van der Waals surface area contributed by atoms with E-state index in [-0.39, 0.29) is 17.1 Å². The molecule has 0 fully saturated rings. The fourth-order valence-corrected chi connectivity index (χ4v) is 2.87. The standard InChI is InChI=1S/C17H16O5/c1-20-10-6-9-7-11-13(21-2)5-4-12(18)16(11)17(19)15(9)14(8-10)22-3/h4-6,8,18H,7H2,1-3H3. The summed E-state index contributed by atoms with van der Waals surface area (Å²) in [6.07, 6.45) is 0.460. The van der Waals surface area contributed by atoms with Gasteiger partial charge < -0.3 is 19.3 Å². The number of hydrogen-bond donors (Lipinski definition) is 1. The molecule has 0 spiro atoms. The molecule has 2 aromatic rings. The van der Waals surface area contributed by atoms with Gasteiger partial charge in [-0.15, -0.1) is 0 Å². The lowest BCUT2D eigenvalue weighted by molar-refractivity contribution is 0.102. The van der Waals surface area contributed by atoms with E-state index in [0.717, 1.165) is 5.56 Å². The molecule has 1 N–H and O–H groups in total. The minimum Gasteiger partial charge on any atom is -0.507 e. The Morgan fingerprint density at radius 1 is 0.955 bits per heavy atom. The van der Waals surface area contributed by atoms with Crippen LogP contribution >= 0.6 is 0 Å². The highest BCUT2D eigenvalue weighted by molar-refractivity contribution is 6.16. The normalized spacial score (nSPS) is 12.4. The van der Waals surface area contributed by atoms with Crippen molar-refractivity contribution in [2.45, 2.75) is 6.42 Å². The first-order valence-electron chi connectivity index (χ1n) is 6.79. The van der Waals surface area contributed by atoms with Crippen LogP contribution in [0.5, 0.6) is 23.0 Å². The molecule has 3 rings (SSSR count). The Morgan fingerprint density at radius 3 is 2.32 bits per heavy atom. The smallest absolute Gasteiger partial charge is 0.201 e. The van der Waals surface area contributed by atoms with Crippen LogP contribution in [0.4, 0.5) is 0 Å². The first-order valence-corrected chi connectivity index (χ1v) is 6.79. The summed E-state index contributed by atoms with van der Waals surface area (Å²) in [5, 5.41) is 10.1. The molecule has 2 aromatic carbocycles. The van der Waals surface area contributed by atoms with Gasteiger partial charge >= 0.3 is 0 Å². The second-order valence-corrected chi connectivity index (χ2v) is 5.01. The molecule has 5 heteroatoms. The Bertz CT molecular complexity index is 764. The predicted molar refractivity (Wildman–Crippen MR) is 80.4 cm³/mol. The van der Waals surface area contributed by atoms with E-state index in [4.69, 9.17) is 14.2 Å². The quantitative estimate of drug-likeness (QED) is 0.805. The number of carbonyl (C=O) groups is 1. The summed E-state index contributed by atoms with van der Waals surface area (Å²) >= 11 is 0. The van der Waals surface area contributed by atoms with Crippen molar-refractivity contribution in [3.05, 3.63) is 46.5 Å². The lowest BCUT2D eigenvalue weighted by Gasteiger charge is -2.23. The molecule has 22 heavy (non-hydrogen) atoms. The molecule has 0 aliphatic heterocycles. The van der Waals surface area contributed by atoms with E-state index in [1.807, 2.05) is 6.07 Å². The number of phenols is 1. The van der Waals surface area contributed by atoms with Gasteiger partial charge in [-0.2, -0.15) is 0 Å². The van der Waals surface area contributed by atoms with Gasteiger partial charge in [-0.05, 0) is 23.8 Å². The maximum atomic E-state index is 12.8. The molecule has 1 aliphatic carbocycles. The van der Waals surface area contributed by atoms with Crippen molar-refractivity contribution >= 4 is 5.78 Å². The van der Waals surface area contributed by atoms with Gasteiger partial charge in [0.25, 0.3) is 0 Å². The maximum absolute atomic E-state index is 12.8. The minimum absolute atomic E-state index is 0.0516. The Morgan fingerprint density at radius 2 is 1.68 bits per heavy atom. The van der Waals surface area contributed by atoms with Crippen molar-refractivity contribution in [2.75, 3.05) is 21.3 Å². The van der Waals surface area contributed by atoms with Gasteiger partial charge in [-0.1, -0.05) is 0 Å². The second kappa shape index (κ2) is 5.26. The summed E-state index contributed by atoms with van der Waals surface area (Å²) < 4.78 is 15.9. The molecule has 114 valence electrons. The van der Waals surface area contributed by atoms with Gasteiger partial charge in [0.2, 0.25) is 5.78 Å². The average molecular weight is 300 g/mol. The number of hydrogen-bond acceptors (Lipinski definition) is 5. The first kappa shape index (κ1) is 14.3. The molecular weight excluding hydrogens is 284 g/mol. The molecule has 0 unspecified atom stereocenters. The second-order valence-electron chi connectivity index (χ2n) is 5.01. The fourth-order valence-electron chi connectivity index (χ4n) is 2.87. The lowest BCUT2D eigenvalue weighted by Crippen LogP contribution is -2.17. The number of ether oxygens (including phenoxy) is 3. The summed E-state index contributed by atoms with van der Waals surface area (Å²) in [7, 11) is 4.61. The minimum atomic E-state index is -0.271. The van der Waals surface area contributed by atoms with E-state index in [1.54, 1.807) is 26.4 Å². The van der Waals surface area contributed by atoms with Crippen LogP contribution in [0.3, 0.4) is 0 Å². The van der Waals surface area contributed by atoms with Crippen LogP contribution in [0.25, 0.3) is 0 Å². The molecule has 0 aromatic heterocycles. The third-order valence-corrected chi connectivity index (χ3v) is 3.90. The molecule has 0 saturated carbocycles. The zero-order valence-corrected chi connectivity index (χ0v) is 12.6. The molecule has 0 heterocycles. The fraction of sp³-hybridized carbons (Fsp3) is 0.235. The highest BCUT2D eigenvalue weighted by Crippen LogP contribution is 2.42. The number of rotatable bonds is 3. The topological polar surface area (TPSA) is 65.0 Å². The largest absolute Gasteiger partial charge is 0.507 e. The summed E-state index contributed by atoms with van der Waals surface area (Å²) in [4.78, 5) is 12.8. The van der Waals surface area contributed by atoms with Crippen LogP contribution < -0.4 is 14.2 Å². The third-order valence-electron chi connectivity index (χ3n) is 3.90. The number of phenolic OH excluding ortho intramolecular Hbond substituents is 1. The van der Waals surface area contributed by atoms with E-state index in [2.05, 4.69) is 0 Å². The van der Waals surface area contributed by atoms with Crippen LogP contribution in [0, 0.1) is 0 Å². The van der Waals surface area contributed by atoms with Crippen LogP contribution in [-0.4, -0.2) is 32.2 Å². The summed E-state index contributed by atoms with van der Waals surface area (Å²) in [6.45, 7) is 0. The van der Waals surface area contributed by atoms with Crippen molar-refractivity contribution in [1.82, 2.24) is 0 Å². The zero-order valence-electron chi connectivity index (χ0n) is 12.6. The van der Waals surface area contributed by atoms with Gasteiger partial charge in [0.05, 0.1) is 32.5 Å². The van der Waals surface area contributed by atoms with Crippen molar-refractivity contribution in [3.8, 4) is 23.0 Å². The van der Waals surface area contributed by atoms with Crippen molar-refractivity contribution in [3.63, 3.8) is 0 Å². The molecule has 0 amide bonds. The van der Waals surface area contributed by atoms with E-state index in [0.29, 0.717) is 34.8 Å². The van der Waals surface area contributed by atoms with Gasteiger partial charge in [-0.25, -0.2) is 0 Å². The van der Waals surface area contributed by atoms with Crippen LogP contribution in [0.15, 0.2) is 24.3 Å². The Labute approximate surface area is 128 Å². The molecular formula is C17H16O5. The number of aromatic hydroxyl groups is 1. The SMILES string of the molecule is COc1cc2c(c(OC)c1)C(=O)c1c(O)ccc(OC)c1C2. The number of carbonyl (C=O) groups excluding carboxylic acids is 1. The Kier molecular flexibility index (Phi) is 3.41. The van der Waals surface area contributed by atoms with E-state index in [1.165, 1.54) is 13.2 Å². The van der Waals surface area contributed by atoms with Crippen LogP contribution in [-0.2, 0) is 6.42 Å². The first-order chi connectivity index (χ1) is 10.6. The van der Waals surface area contributed by atoms with Crippen molar-refractivity contribution in [1.29, 1.82) is 0 Å². The van der Waals surface area contributed by atoms with Gasteiger partial charge in [-0.3, -0.25) is 4.79 Å². The third kappa shape index (κ3) is 1.97. The number of benzene rings is 2. The van der Waals surface area contributed by atoms with Crippen molar-refractivity contribution < 1.29 is 24.1 Å². The summed E-state index contributed by atoms with van der Waals surface area (Å²) in [5.74, 6) is 1.31. The van der Waals surface area contributed by atoms with Gasteiger partial charge in [0, 0.05) is 18.1 Å². The molecule has 5 nitrogen and oxygen atoms in total. The maximum Gasteiger partial charge on any atom is 0.201 e. The highest BCUT2D eigenvalue weighted by atomic mass is 16.5. The lowest BCUT2D eigenvalue weighted by atomic mass is 9.83. The number of methoxy groups -OCH3 is 3. The summed E-state index contributed by atoms with van der Waals surface area (Å²) in [6, 6.07) is 6.60. The van der Waals surface area contributed by atoms with E-state index in [9.17, 15) is 9.90 Å². The van der Waals surface area contributed by atoms with Crippen molar-refractivity contribution in [2.24, 2.45) is 0 Å². The highest BCUT2D eigenvalue weighted by Gasteiger charge is 2.31.